The molecule has 0 fully saturated rings. The molecule has 1 aromatic heterocycles. The summed E-state index contributed by atoms with van der Waals surface area (Å²) in [7, 11) is 1.61. The van der Waals surface area contributed by atoms with E-state index in [2.05, 4.69) is 4.98 Å². The lowest BCUT2D eigenvalue weighted by atomic mass is 9.98. The van der Waals surface area contributed by atoms with Crippen LogP contribution in [0.15, 0.2) is 54.9 Å². The fourth-order valence-corrected chi connectivity index (χ4v) is 2.22. The number of hydrogen-bond donors (Lipinski definition) is 1. The largest absolute Gasteiger partial charge is 0.507 e. The molecule has 0 amide bonds. The number of phenolic OH excluding ortho intramolecular Hbond substituents is 1. The summed E-state index contributed by atoms with van der Waals surface area (Å²) in [6, 6.07) is 13.1. The van der Waals surface area contributed by atoms with Crippen molar-refractivity contribution in [2.75, 3.05) is 7.11 Å². The van der Waals surface area contributed by atoms with Gasteiger partial charge < -0.3 is 9.84 Å². The van der Waals surface area contributed by atoms with Crippen molar-refractivity contribution in [2.45, 2.75) is 0 Å². The van der Waals surface area contributed by atoms with Gasteiger partial charge in [-0.05, 0) is 35.2 Å². The lowest BCUT2D eigenvalue weighted by Gasteiger charge is -2.10. The van der Waals surface area contributed by atoms with Gasteiger partial charge in [-0.3, -0.25) is 4.98 Å². The first kappa shape index (κ1) is 11.5. The van der Waals surface area contributed by atoms with Crippen molar-refractivity contribution >= 4 is 10.8 Å². The third kappa shape index (κ3) is 1.99. The normalized spacial score (nSPS) is 10.6. The maximum atomic E-state index is 10.1. The minimum atomic E-state index is 0.241. The summed E-state index contributed by atoms with van der Waals surface area (Å²) in [5.74, 6) is 0.962. The van der Waals surface area contributed by atoms with Gasteiger partial charge in [0.25, 0.3) is 0 Å². The molecular weight excluding hydrogens is 238 g/mol. The average Bonchev–Trinajstić information content (AvgIpc) is 2.47. The molecule has 0 radical (unpaired) electrons. The number of hydrogen-bond acceptors (Lipinski definition) is 3. The number of nitrogens with zero attached hydrogens (tertiary/aromatic N) is 1. The quantitative estimate of drug-likeness (QED) is 0.756. The molecule has 2 aromatic carbocycles. The SMILES string of the molecule is COc1ccc(O)c(-c2cccc3cnccc23)c1. The molecule has 0 aliphatic carbocycles. The topological polar surface area (TPSA) is 42.4 Å². The van der Waals surface area contributed by atoms with Crippen molar-refractivity contribution in [1.82, 2.24) is 4.98 Å². The zero-order valence-electron chi connectivity index (χ0n) is 10.5. The van der Waals surface area contributed by atoms with Crippen molar-refractivity contribution in [2.24, 2.45) is 0 Å². The molecule has 94 valence electrons. The van der Waals surface area contributed by atoms with E-state index in [1.165, 1.54) is 0 Å². The van der Waals surface area contributed by atoms with Crippen LogP contribution in [-0.2, 0) is 0 Å². The highest BCUT2D eigenvalue weighted by Gasteiger charge is 2.09. The second-order valence-electron chi connectivity index (χ2n) is 4.29. The van der Waals surface area contributed by atoms with E-state index < -0.39 is 0 Å². The Balaban J connectivity index is 2.30. The fraction of sp³-hybridized carbons (Fsp3) is 0.0625. The second kappa shape index (κ2) is 4.61. The van der Waals surface area contributed by atoms with Gasteiger partial charge in [0.05, 0.1) is 7.11 Å². The van der Waals surface area contributed by atoms with Crippen LogP contribution in [0.1, 0.15) is 0 Å². The number of methoxy groups -OCH3 is 1. The number of ether oxygens (including phenoxy) is 1. The molecule has 0 aliphatic rings. The van der Waals surface area contributed by atoms with Gasteiger partial charge >= 0.3 is 0 Å². The van der Waals surface area contributed by atoms with Gasteiger partial charge in [-0.2, -0.15) is 0 Å². The molecule has 3 rings (SSSR count). The Morgan fingerprint density at radius 2 is 1.95 bits per heavy atom. The van der Waals surface area contributed by atoms with Crippen molar-refractivity contribution < 1.29 is 9.84 Å². The zero-order valence-corrected chi connectivity index (χ0v) is 10.5. The summed E-state index contributed by atoms with van der Waals surface area (Å²) in [5.41, 5.74) is 1.73. The Labute approximate surface area is 111 Å². The smallest absolute Gasteiger partial charge is 0.123 e. The summed E-state index contributed by atoms with van der Waals surface area (Å²) in [4.78, 5) is 4.12. The predicted molar refractivity (Wildman–Crippen MR) is 75.4 cm³/mol. The van der Waals surface area contributed by atoms with Gasteiger partial charge in [-0.15, -0.1) is 0 Å². The fourth-order valence-electron chi connectivity index (χ4n) is 2.22. The molecule has 3 heteroatoms. The molecule has 0 spiro atoms. The Morgan fingerprint density at radius 3 is 2.79 bits per heavy atom. The predicted octanol–water partition coefficient (Wildman–Crippen LogP) is 3.62. The molecule has 0 aliphatic heterocycles. The first-order valence-electron chi connectivity index (χ1n) is 6.00. The van der Waals surface area contributed by atoms with Crippen molar-refractivity contribution in [3.63, 3.8) is 0 Å². The molecule has 3 aromatic rings. The molecule has 0 atom stereocenters. The van der Waals surface area contributed by atoms with E-state index in [1.807, 2.05) is 36.5 Å². The number of aromatic nitrogens is 1. The van der Waals surface area contributed by atoms with E-state index in [-0.39, 0.29) is 5.75 Å². The molecule has 3 nitrogen and oxygen atoms in total. The minimum Gasteiger partial charge on any atom is -0.507 e. The maximum absolute atomic E-state index is 10.1. The molecule has 0 bridgehead atoms. The van der Waals surface area contributed by atoms with Crippen LogP contribution in [0.2, 0.25) is 0 Å². The van der Waals surface area contributed by atoms with Crippen molar-refractivity contribution in [3.05, 3.63) is 54.9 Å². The highest BCUT2D eigenvalue weighted by Crippen LogP contribution is 2.36. The van der Waals surface area contributed by atoms with E-state index in [4.69, 9.17) is 4.74 Å². The molecule has 0 saturated carbocycles. The number of pyridine rings is 1. The summed E-state index contributed by atoms with van der Waals surface area (Å²) in [5, 5.41) is 12.2. The molecular formula is C16H13NO2. The van der Waals surface area contributed by atoms with Crippen LogP contribution in [-0.4, -0.2) is 17.2 Å². The van der Waals surface area contributed by atoms with E-state index in [9.17, 15) is 5.11 Å². The van der Waals surface area contributed by atoms with Crippen LogP contribution in [0, 0.1) is 0 Å². The lowest BCUT2D eigenvalue weighted by molar-refractivity contribution is 0.412. The van der Waals surface area contributed by atoms with E-state index in [1.54, 1.807) is 25.4 Å². The summed E-state index contributed by atoms with van der Waals surface area (Å²) >= 11 is 0. The van der Waals surface area contributed by atoms with Crippen LogP contribution in [0.3, 0.4) is 0 Å². The summed E-state index contributed by atoms with van der Waals surface area (Å²) < 4.78 is 5.22. The lowest BCUT2D eigenvalue weighted by Crippen LogP contribution is -1.86. The van der Waals surface area contributed by atoms with Gasteiger partial charge in [-0.25, -0.2) is 0 Å². The monoisotopic (exact) mass is 251 g/mol. The molecule has 0 saturated heterocycles. The highest BCUT2D eigenvalue weighted by molar-refractivity contribution is 5.97. The molecule has 0 unspecified atom stereocenters. The maximum Gasteiger partial charge on any atom is 0.123 e. The number of rotatable bonds is 2. The third-order valence-corrected chi connectivity index (χ3v) is 3.17. The molecule has 1 N–H and O–H groups in total. The molecule has 19 heavy (non-hydrogen) atoms. The number of aromatic hydroxyl groups is 1. The summed E-state index contributed by atoms with van der Waals surface area (Å²) in [6.45, 7) is 0. The van der Waals surface area contributed by atoms with Crippen LogP contribution >= 0.6 is 0 Å². The van der Waals surface area contributed by atoms with Crippen LogP contribution < -0.4 is 4.74 Å². The average molecular weight is 251 g/mol. The Bertz CT molecular complexity index is 732. The third-order valence-electron chi connectivity index (χ3n) is 3.17. The van der Waals surface area contributed by atoms with Crippen LogP contribution in [0.5, 0.6) is 11.5 Å². The number of fused-ring (bicyclic) bond motifs is 1. The van der Waals surface area contributed by atoms with Gasteiger partial charge in [0, 0.05) is 23.3 Å². The Morgan fingerprint density at radius 1 is 1.05 bits per heavy atom. The Kier molecular flexibility index (Phi) is 2.80. The number of benzene rings is 2. The zero-order chi connectivity index (χ0) is 13.2. The van der Waals surface area contributed by atoms with E-state index >= 15 is 0 Å². The van der Waals surface area contributed by atoms with Gasteiger partial charge in [0.1, 0.15) is 11.5 Å². The van der Waals surface area contributed by atoms with Gasteiger partial charge in [-0.1, -0.05) is 18.2 Å². The standard InChI is InChI=1S/C16H13NO2/c1-19-12-5-6-16(18)15(9-12)14-4-2-3-11-10-17-8-7-13(11)14/h2-10,18H,1H3. The van der Waals surface area contributed by atoms with Crippen LogP contribution in [0.25, 0.3) is 21.9 Å². The van der Waals surface area contributed by atoms with Crippen molar-refractivity contribution in [3.8, 4) is 22.6 Å². The van der Waals surface area contributed by atoms with E-state index in [0.29, 0.717) is 0 Å². The van der Waals surface area contributed by atoms with Crippen molar-refractivity contribution in [1.29, 1.82) is 0 Å². The first-order valence-corrected chi connectivity index (χ1v) is 6.00. The van der Waals surface area contributed by atoms with Crippen LogP contribution in [0.4, 0.5) is 0 Å². The van der Waals surface area contributed by atoms with Gasteiger partial charge in [0.2, 0.25) is 0 Å². The number of phenols is 1. The highest BCUT2D eigenvalue weighted by atomic mass is 16.5. The molecule has 1 heterocycles. The first-order chi connectivity index (χ1) is 9.29. The van der Waals surface area contributed by atoms with E-state index in [0.717, 1.165) is 27.6 Å². The minimum absolute atomic E-state index is 0.241. The Hall–Kier alpha value is -2.55. The second-order valence-corrected chi connectivity index (χ2v) is 4.29. The van der Waals surface area contributed by atoms with Gasteiger partial charge in [0.15, 0.2) is 0 Å². The summed E-state index contributed by atoms with van der Waals surface area (Å²) in [6.07, 6.45) is 3.57.